The van der Waals surface area contributed by atoms with Crippen molar-refractivity contribution in [3.63, 3.8) is 0 Å². The van der Waals surface area contributed by atoms with Crippen LogP contribution in [-0.4, -0.2) is 38.3 Å². The molecule has 3 rings (SSSR count). The van der Waals surface area contributed by atoms with Crippen LogP contribution >= 0.6 is 0 Å². The second-order valence-electron chi connectivity index (χ2n) is 6.41. The highest BCUT2D eigenvalue weighted by Gasteiger charge is 2.14. The number of carbonyl (C=O) groups is 2. The predicted octanol–water partition coefficient (Wildman–Crippen LogP) is 3.77. The molecule has 0 aliphatic rings. The van der Waals surface area contributed by atoms with Crippen molar-refractivity contribution < 1.29 is 28.6 Å². The molecule has 8 heteroatoms. The third-order valence-corrected chi connectivity index (χ3v) is 4.54. The molecule has 164 valence electrons. The van der Waals surface area contributed by atoms with Crippen LogP contribution in [0.5, 0.6) is 5.75 Å². The van der Waals surface area contributed by atoms with Crippen LogP contribution in [0.4, 0.5) is 11.4 Å². The molecule has 0 aliphatic heterocycles. The van der Waals surface area contributed by atoms with Gasteiger partial charge in [-0.1, -0.05) is 12.1 Å². The first-order valence-electron chi connectivity index (χ1n) is 9.62. The smallest absolute Gasteiger partial charge is 0.338 e. The van der Waals surface area contributed by atoms with Crippen LogP contribution in [0.3, 0.4) is 0 Å². The van der Waals surface area contributed by atoms with E-state index in [1.54, 1.807) is 20.1 Å². The summed E-state index contributed by atoms with van der Waals surface area (Å²) in [5.41, 5.74) is 2.64. The van der Waals surface area contributed by atoms with Gasteiger partial charge >= 0.3 is 11.6 Å². The topological polar surface area (TPSA) is 106 Å². The maximum absolute atomic E-state index is 12.0. The van der Waals surface area contributed by atoms with Gasteiger partial charge < -0.3 is 23.9 Å². The van der Waals surface area contributed by atoms with Gasteiger partial charge in [-0.3, -0.25) is 9.59 Å². The van der Waals surface area contributed by atoms with Gasteiger partial charge in [0.05, 0.1) is 19.4 Å². The Morgan fingerprint density at radius 1 is 1.19 bits per heavy atom. The zero-order chi connectivity index (χ0) is 22.8. The lowest BCUT2D eigenvalue weighted by atomic mass is 10.1. The first-order valence-corrected chi connectivity index (χ1v) is 9.62. The molecule has 0 radical (unpaired) electrons. The molecule has 1 heterocycles. The fourth-order valence-electron chi connectivity index (χ4n) is 3.15. The zero-order valence-electron chi connectivity index (χ0n) is 17.7. The molecule has 0 saturated heterocycles. The van der Waals surface area contributed by atoms with Crippen LogP contribution in [0.2, 0.25) is 0 Å². The highest BCUT2D eigenvalue weighted by Crippen LogP contribution is 2.32. The maximum Gasteiger partial charge on any atom is 0.338 e. The third-order valence-electron chi connectivity index (χ3n) is 4.54. The highest BCUT2D eigenvalue weighted by molar-refractivity contribution is 5.92. The highest BCUT2D eigenvalue weighted by atomic mass is 16.5. The molecule has 0 spiro atoms. The molecule has 1 N–H and O–H groups in total. The largest absolute Gasteiger partial charge is 0.496 e. The van der Waals surface area contributed by atoms with Crippen molar-refractivity contribution in [3.05, 3.63) is 64.5 Å². The molecule has 31 heavy (non-hydrogen) atoms. The van der Waals surface area contributed by atoms with Crippen molar-refractivity contribution >= 4 is 34.8 Å². The quantitative estimate of drug-likeness (QED) is 0.345. The van der Waals surface area contributed by atoms with Crippen molar-refractivity contribution in [2.75, 3.05) is 25.7 Å². The number of para-hydroxylation sites is 1. The minimum absolute atomic E-state index is 0.241. The van der Waals surface area contributed by atoms with Gasteiger partial charge in [0.2, 0.25) is 0 Å². The Hall–Kier alpha value is -3.81. The summed E-state index contributed by atoms with van der Waals surface area (Å²) in [6, 6.07) is 14.6. The second-order valence-corrected chi connectivity index (χ2v) is 6.41. The number of anilines is 2. The molecular weight excluding hydrogens is 402 g/mol. The molecule has 3 aromatic rings. The summed E-state index contributed by atoms with van der Waals surface area (Å²) in [4.78, 5) is 34.0. The van der Waals surface area contributed by atoms with E-state index in [0.717, 1.165) is 22.3 Å². The lowest BCUT2D eigenvalue weighted by Gasteiger charge is -2.22. The Morgan fingerprint density at radius 2 is 1.90 bits per heavy atom. The number of ether oxygens (including phenoxy) is 2. The van der Waals surface area contributed by atoms with Crippen LogP contribution in [0.25, 0.3) is 11.0 Å². The summed E-state index contributed by atoms with van der Waals surface area (Å²) in [5.74, 6) is 0.467. The molecule has 1 aromatic heterocycles. The van der Waals surface area contributed by atoms with E-state index in [1.165, 1.54) is 6.07 Å². The van der Waals surface area contributed by atoms with Gasteiger partial charge in [-0.15, -0.1) is 0 Å². The molecule has 0 bridgehead atoms. The van der Waals surface area contributed by atoms with Crippen LogP contribution < -0.4 is 15.3 Å². The molecule has 0 atom stereocenters. The number of aryl methyl sites for hydroxylation is 1. The minimum Gasteiger partial charge on any atom is -0.496 e. The van der Waals surface area contributed by atoms with E-state index < -0.39 is 5.63 Å². The number of nitrogens with zero attached hydrogens (tertiary/aromatic N) is 1. The molecular formula is C23H25NO7. The summed E-state index contributed by atoms with van der Waals surface area (Å²) in [7, 11) is 3.49. The Labute approximate surface area is 179 Å². The zero-order valence-corrected chi connectivity index (χ0v) is 17.7. The fraction of sp³-hybridized carbons (Fsp3) is 0.261. The molecule has 0 aliphatic carbocycles. The Morgan fingerprint density at radius 3 is 2.58 bits per heavy atom. The molecule has 0 unspecified atom stereocenters. The van der Waals surface area contributed by atoms with Gasteiger partial charge in [0.15, 0.2) is 0 Å². The number of hydrogen-bond donors (Lipinski definition) is 1. The van der Waals surface area contributed by atoms with Crippen molar-refractivity contribution in [2.24, 2.45) is 0 Å². The number of carboxylic acid groups (broad SMARTS) is 1. The number of methoxy groups -OCH3 is 1. The van der Waals surface area contributed by atoms with E-state index in [4.69, 9.17) is 23.8 Å². The summed E-state index contributed by atoms with van der Waals surface area (Å²) in [6.07, 6.45) is 0.774. The van der Waals surface area contributed by atoms with Crippen molar-refractivity contribution in [1.82, 2.24) is 0 Å². The van der Waals surface area contributed by atoms with Crippen molar-refractivity contribution in [3.8, 4) is 5.75 Å². The van der Waals surface area contributed by atoms with E-state index in [9.17, 15) is 9.59 Å². The summed E-state index contributed by atoms with van der Waals surface area (Å²) >= 11 is 0. The number of rotatable bonds is 7. The van der Waals surface area contributed by atoms with Gasteiger partial charge in [0.1, 0.15) is 11.3 Å². The normalized spacial score (nSPS) is 10.0. The number of benzene rings is 2. The standard InChI is InChI=1S/C22H23NO5.CH2O2/c1-4-27-21(24)12-9-15-13-16(10-11-19(15)26-3)23(2)18-14-22(25)28-20-8-6-5-7-17(18)20;2-1-3/h5-8,10-11,13-14H,4,9,12H2,1-3H3;1H,(H,2,3). The molecule has 0 fully saturated rings. The molecule has 0 amide bonds. The van der Waals surface area contributed by atoms with Gasteiger partial charge in [-0.05, 0) is 49.2 Å². The van der Waals surface area contributed by atoms with E-state index in [2.05, 4.69) is 0 Å². The van der Waals surface area contributed by atoms with Gasteiger partial charge in [0.25, 0.3) is 6.47 Å². The maximum atomic E-state index is 12.0. The average molecular weight is 427 g/mol. The predicted molar refractivity (Wildman–Crippen MR) is 117 cm³/mol. The number of esters is 1. The van der Waals surface area contributed by atoms with Gasteiger partial charge in [0, 0.05) is 30.6 Å². The number of hydrogen-bond acceptors (Lipinski definition) is 7. The summed E-state index contributed by atoms with van der Waals surface area (Å²) in [6.45, 7) is 1.90. The SMILES string of the molecule is CCOC(=O)CCc1cc(N(C)c2cc(=O)oc3ccccc23)ccc1OC.O=CO. The lowest BCUT2D eigenvalue weighted by Crippen LogP contribution is -2.13. The van der Waals surface area contributed by atoms with Crippen molar-refractivity contribution in [2.45, 2.75) is 19.8 Å². The second kappa shape index (κ2) is 11.4. The van der Waals surface area contributed by atoms with E-state index >= 15 is 0 Å². The Bertz CT molecular complexity index is 1090. The van der Waals surface area contributed by atoms with Gasteiger partial charge in [-0.2, -0.15) is 0 Å². The van der Waals surface area contributed by atoms with Crippen LogP contribution in [0.1, 0.15) is 18.9 Å². The number of carbonyl (C=O) groups excluding carboxylic acids is 1. The number of fused-ring (bicyclic) bond motifs is 1. The first-order chi connectivity index (χ1) is 14.9. The van der Waals surface area contributed by atoms with E-state index in [0.29, 0.717) is 24.4 Å². The Balaban J connectivity index is 0.00000107. The first kappa shape index (κ1) is 23.5. The van der Waals surface area contributed by atoms with Crippen molar-refractivity contribution in [1.29, 1.82) is 0 Å². The van der Waals surface area contributed by atoms with E-state index in [-0.39, 0.29) is 18.9 Å². The van der Waals surface area contributed by atoms with Crippen LogP contribution in [0, 0.1) is 0 Å². The third kappa shape index (κ3) is 6.08. The Kier molecular flexibility index (Phi) is 8.63. The lowest BCUT2D eigenvalue weighted by molar-refractivity contribution is -0.143. The van der Waals surface area contributed by atoms with Crippen LogP contribution in [-0.2, 0) is 20.7 Å². The summed E-state index contributed by atoms with van der Waals surface area (Å²) in [5, 5.41) is 7.73. The van der Waals surface area contributed by atoms with E-state index in [1.807, 2.05) is 48.3 Å². The van der Waals surface area contributed by atoms with Gasteiger partial charge in [-0.25, -0.2) is 4.79 Å². The molecule has 8 nitrogen and oxygen atoms in total. The summed E-state index contributed by atoms with van der Waals surface area (Å²) < 4.78 is 15.7. The molecule has 0 saturated carbocycles. The minimum atomic E-state index is -0.406. The monoisotopic (exact) mass is 427 g/mol. The average Bonchev–Trinajstić information content (AvgIpc) is 2.77. The molecule has 2 aromatic carbocycles. The fourth-order valence-corrected chi connectivity index (χ4v) is 3.15. The van der Waals surface area contributed by atoms with Crippen LogP contribution in [0.15, 0.2) is 57.7 Å².